The molecular weight excluding hydrogens is 1270 g/mol. The van der Waals surface area contributed by atoms with Crippen molar-refractivity contribution in [3.05, 3.63) is 331 Å². The zero-order valence-electron chi connectivity index (χ0n) is 63.0. The van der Waals surface area contributed by atoms with Crippen molar-refractivity contribution in [2.45, 2.75) is 119 Å². The number of hydrogen-bond donors (Lipinski definition) is 0. The number of hydrogen-bond acceptors (Lipinski definition) is 2. The number of aryl methyl sites for hydroxylation is 2. The van der Waals surface area contributed by atoms with E-state index in [9.17, 15) is 0 Å². The third-order valence-corrected chi connectivity index (χ3v) is 22.0. The quantitative estimate of drug-likeness (QED) is 0.129. The van der Waals surface area contributed by atoms with Gasteiger partial charge in [-0.15, -0.1) is 0 Å². The van der Waals surface area contributed by atoms with Crippen LogP contribution in [0.25, 0.3) is 116 Å². The Hall–Kier alpha value is -11.7. The Morgan fingerprint density at radius 1 is 0.219 bits per heavy atom. The zero-order valence-corrected chi connectivity index (χ0v) is 63.0. The normalized spacial score (nSPS) is 12.5. The fourth-order valence-corrected chi connectivity index (χ4v) is 16.0. The van der Waals surface area contributed by atoms with Crippen molar-refractivity contribution in [1.29, 1.82) is 0 Å². The first-order valence-corrected chi connectivity index (χ1v) is 37.3. The van der Waals surface area contributed by atoms with Crippen LogP contribution in [0.3, 0.4) is 0 Å². The third kappa shape index (κ3) is 11.8. The maximum absolute atomic E-state index is 2.51. The van der Waals surface area contributed by atoms with E-state index >= 15 is 0 Å². The van der Waals surface area contributed by atoms with Crippen LogP contribution in [0.1, 0.15) is 116 Å². The highest BCUT2D eigenvalue weighted by molar-refractivity contribution is 6.25. The number of fused-ring (bicyclic) bond motifs is 11. The van der Waals surface area contributed by atoms with Crippen LogP contribution >= 0.6 is 0 Å². The molecule has 0 aliphatic rings. The molecule has 5 nitrogen and oxygen atoms in total. The lowest BCUT2D eigenvalue weighted by molar-refractivity contribution is 0.590. The first kappa shape index (κ1) is 66.6. The Balaban J connectivity index is 0.871. The SMILES string of the molecule is Cc1ccc(-c2ccc(N(c3cccc(-n4c5ccc(C(C)(C)C)cc5c5cc(C(C)(C)C)ccc54)c3)c3ccc4c5c6ccccc6c(N(c6ccc(-c7ccc(C)cc7)cc6)c6ccc(-n7c8ccc(C(C)(C)C)cc8c8cc(C(C)(C)C)ccc87)cc6)cc5n(-c5ccccc5)c4c3)cc2)cc1. The largest absolute Gasteiger partial charge is 0.310 e. The molecule has 105 heavy (non-hydrogen) atoms. The van der Waals surface area contributed by atoms with Gasteiger partial charge in [0.25, 0.3) is 0 Å². The Bertz CT molecular complexity index is 6070. The van der Waals surface area contributed by atoms with Crippen LogP contribution in [0.15, 0.2) is 297 Å². The highest BCUT2D eigenvalue weighted by Crippen LogP contribution is 2.49. The molecule has 17 aromatic rings. The van der Waals surface area contributed by atoms with E-state index in [4.69, 9.17) is 0 Å². The molecule has 0 saturated carbocycles. The third-order valence-electron chi connectivity index (χ3n) is 22.0. The molecule has 0 aliphatic heterocycles. The van der Waals surface area contributed by atoms with Gasteiger partial charge in [0.05, 0.1) is 38.8 Å². The summed E-state index contributed by atoms with van der Waals surface area (Å²) in [5, 5.41) is 9.79. The molecule has 0 atom stereocenters. The second kappa shape index (κ2) is 25.1. The predicted octanol–water partition coefficient (Wildman–Crippen LogP) is 28.2. The van der Waals surface area contributed by atoms with Crippen molar-refractivity contribution < 1.29 is 0 Å². The van der Waals surface area contributed by atoms with E-state index in [0.29, 0.717) is 0 Å². The average molecular weight is 1360 g/mol. The summed E-state index contributed by atoms with van der Waals surface area (Å²) in [4.78, 5) is 4.94. The van der Waals surface area contributed by atoms with Gasteiger partial charge < -0.3 is 23.5 Å². The number of rotatable bonds is 11. The standard InChI is InChI=1S/C100H91N5/c1-64-27-31-66(32-28-64)68-35-43-75(44-36-68)101(79-23-20-24-80(61-79)105-91-55-41-72(99(9,10)11)59-87(91)88-60-73(100(12,13)14)42-56-92(88)105)81-51-52-84-93(62-81)104(74-21-16-15-17-22-74)95-63-94(82-25-18-19-26-83(82)96(84)95)102(76-45-37-69(38-46-76)67-33-29-65(2)30-34-67)77-47-49-78(50-48-77)103-89-53-39-70(97(3,4)5)57-85(89)86-58-71(98(6,7)8)40-54-90(86)103/h15-63H,1-14H3. The van der Waals surface area contributed by atoms with E-state index in [1.165, 1.54) is 115 Å². The molecule has 0 N–H and O–H groups in total. The predicted molar refractivity (Wildman–Crippen MR) is 451 cm³/mol. The topological polar surface area (TPSA) is 21.3 Å². The summed E-state index contributed by atoms with van der Waals surface area (Å²) < 4.78 is 7.46. The second-order valence-electron chi connectivity index (χ2n) is 33.3. The van der Waals surface area contributed by atoms with Gasteiger partial charge >= 0.3 is 0 Å². The molecule has 5 heteroatoms. The summed E-state index contributed by atoms with van der Waals surface area (Å²) in [6.07, 6.45) is 0. The molecule has 0 aliphatic carbocycles. The summed E-state index contributed by atoms with van der Waals surface area (Å²) in [6, 6.07) is 113. The fourth-order valence-electron chi connectivity index (χ4n) is 16.0. The van der Waals surface area contributed by atoms with E-state index < -0.39 is 0 Å². The van der Waals surface area contributed by atoms with Crippen molar-refractivity contribution >= 4 is 110 Å². The molecular formula is C100H91N5. The molecule has 0 spiro atoms. The molecule has 0 fully saturated rings. The van der Waals surface area contributed by atoms with Crippen molar-refractivity contribution in [2.24, 2.45) is 0 Å². The lowest BCUT2D eigenvalue weighted by Gasteiger charge is -2.28. The van der Waals surface area contributed by atoms with Crippen molar-refractivity contribution in [3.8, 4) is 39.3 Å². The van der Waals surface area contributed by atoms with Crippen LogP contribution in [-0.4, -0.2) is 13.7 Å². The lowest BCUT2D eigenvalue weighted by Crippen LogP contribution is -2.11. The first-order chi connectivity index (χ1) is 50.4. The highest BCUT2D eigenvalue weighted by Gasteiger charge is 2.28. The van der Waals surface area contributed by atoms with Crippen LogP contribution in [0, 0.1) is 13.8 Å². The Morgan fingerprint density at radius 3 is 1.02 bits per heavy atom. The van der Waals surface area contributed by atoms with Crippen LogP contribution in [0.2, 0.25) is 0 Å². The number of benzene rings is 14. The molecule has 14 aromatic carbocycles. The molecule has 0 saturated heterocycles. The lowest BCUT2D eigenvalue weighted by atomic mass is 9.85. The van der Waals surface area contributed by atoms with Gasteiger partial charge in [-0.1, -0.05) is 246 Å². The van der Waals surface area contributed by atoms with Crippen LogP contribution in [-0.2, 0) is 21.7 Å². The molecule has 0 unspecified atom stereocenters. The molecule has 0 radical (unpaired) electrons. The summed E-state index contributed by atoms with van der Waals surface area (Å²) in [5.74, 6) is 0. The first-order valence-electron chi connectivity index (χ1n) is 37.3. The minimum atomic E-state index is -0.0166. The van der Waals surface area contributed by atoms with Crippen molar-refractivity contribution in [2.75, 3.05) is 9.80 Å². The number of anilines is 6. The smallest absolute Gasteiger partial charge is 0.0568 e. The average Bonchev–Trinajstić information content (AvgIpc) is 1.60. The maximum atomic E-state index is 2.51. The summed E-state index contributed by atoms with van der Waals surface area (Å²) in [6.45, 7) is 32.1. The van der Waals surface area contributed by atoms with Gasteiger partial charge in [0.15, 0.2) is 0 Å². The van der Waals surface area contributed by atoms with E-state index in [1.807, 2.05) is 0 Å². The molecule has 0 amide bonds. The number of para-hydroxylation sites is 1. The van der Waals surface area contributed by atoms with E-state index in [2.05, 4.69) is 418 Å². The Morgan fingerprint density at radius 2 is 0.571 bits per heavy atom. The minimum Gasteiger partial charge on any atom is -0.310 e. The molecule has 17 rings (SSSR count). The molecule has 3 aromatic heterocycles. The second-order valence-corrected chi connectivity index (χ2v) is 33.3. The van der Waals surface area contributed by atoms with E-state index in [0.717, 1.165) is 67.6 Å². The number of nitrogens with zero attached hydrogens (tertiary/aromatic N) is 5. The van der Waals surface area contributed by atoms with Gasteiger partial charge in [-0.3, -0.25) is 0 Å². The fraction of sp³-hybridized carbons (Fsp3) is 0.180. The maximum Gasteiger partial charge on any atom is 0.0568 e. The van der Waals surface area contributed by atoms with Crippen molar-refractivity contribution in [3.63, 3.8) is 0 Å². The molecule has 516 valence electrons. The molecule has 3 heterocycles. The summed E-state index contributed by atoms with van der Waals surface area (Å²) in [7, 11) is 0. The minimum absolute atomic E-state index is 0.00401. The monoisotopic (exact) mass is 1360 g/mol. The van der Waals surface area contributed by atoms with Gasteiger partial charge in [-0.05, 0) is 231 Å². The molecule has 0 bridgehead atoms. The summed E-state index contributed by atoms with van der Waals surface area (Å²) >= 11 is 0. The summed E-state index contributed by atoms with van der Waals surface area (Å²) in [5.41, 5.74) is 29.1. The number of aromatic nitrogens is 3. The van der Waals surface area contributed by atoms with Crippen LogP contribution in [0.5, 0.6) is 0 Å². The van der Waals surface area contributed by atoms with Crippen LogP contribution < -0.4 is 9.80 Å². The van der Waals surface area contributed by atoms with E-state index in [-0.39, 0.29) is 21.7 Å². The van der Waals surface area contributed by atoms with Crippen molar-refractivity contribution in [1.82, 2.24) is 13.7 Å². The van der Waals surface area contributed by atoms with Gasteiger partial charge in [0.1, 0.15) is 0 Å². The zero-order chi connectivity index (χ0) is 72.6. The Kier molecular flexibility index (Phi) is 15.9. The van der Waals surface area contributed by atoms with Gasteiger partial charge in [0, 0.05) is 83.2 Å². The van der Waals surface area contributed by atoms with Crippen LogP contribution in [0.4, 0.5) is 34.1 Å². The van der Waals surface area contributed by atoms with Gasteiger partial charge in [0.2, 0.25) is 0 Å². The van der Waals surface area contributed by atoms with Gasteiger partial charge in [-0.25, -0.2) is 0 Å². The van der Waals surface area contributed by atoms with E-state index in [1.54, 1.807) is 0 Å². The Labute approximate surface area is 618 Å². The highest BCUT2D eigenvalue weighted by atomic mass is 15.2. The van der Waals surface area contributed by atoms with Gasteiger partial charge in [-0.2, -0.15) is 0 Å².